The molecule has 1 N–H and O–H groups in total. The third kappa shape index (κ3) is 2.88. The minimum absolute atomic E-state index is 0.279. The maximum absolute atomic E-state index is 6.00. The predicted octanol–water partition coefficient (Wildman–Crippen LogP) is 1.89. The van der Waals surface area contributed by atoms with Crippen LogP contribution in [0.15, 0.2) is 0 Å². The van der Waals surface area contributed by atoms with Crippen molar-refractivity contribution in [3.63, 3.8) is 0 Å². The number of ether oxygens (including phenoxy) is 2. The van der Waals surface area contributed by atoms with Gasteiger partial charge < -0.3 is 14.8 Å². The molecule has 0 aromatic carbocycles. The fourth-order valence-electron chi connectivity index (χ4n) is 4.75. The van der Waals surface area contributed by atoms with Crippen molar-refractivity contribution < 1.29 is 9.47 Å². The van der Waals surface area contributed by atoms with E-state index in [2.05, 4.69) is 37.9 Å². The van der Waals surface area contributed by atoms with E-state index in [0.29, 0.717) is 24.2 Å². The molecule has 0 aromatic rings. The number of nitrogens with one attached hydrogen (secondary N) is 1. The highest BCUT2D eigenvalue weighted by molar-refractivity contribution is 5.10. The highest BCUT2D eigenvalue weighted by Crippen LogP contribution is 2.51. The summed E-state index contributed by atoms with van der Waals surface area (Å²) in [5.74, 6) is 0.725. The van der Waals surface area contributed by atoms with Crippen LogP contribution in [0.3, 0.4) is 0 Å². The van der Waals surface area contributed by atoms with Gasteiger partial charge in [-0.15, -0.1) is 0 Å². The van der Waals surface area contributed by atoms with Gasteiger partial charge in [0.25, 0.3) is 0 Å². The Morgan fingerprint density at radius 2 is 2.14 bits per heavy atom. The van der Waals surface area contributed by atoms with Crippen LogP contribution in [0.2, 0.25) is 0 Å². The summed E-state index contributed by atoms with van der Waals surface area (Å²) < 4.78 is 11.5. The minimum Gasteiger partial charge on any atom is -0.379 e. The van der Waals surface area contributed by atoms with Crippen molar-refractivity contribution in [3.05, 3.63) is 0 Å². The quantitative estimate of drug-likeness (QED) is 0.859. The summed E-state index contributed by atoms with van der Waals surface area (Å²) in [6, 6.07) is 1.72. The number of nitrogens with zero attached hydrogens (tertiary/aromatic N) is 1. The largest absolute Gasteiger partial charge is 0.379 e. The van der Waals surface area contributed by atoms with Crippen molar-refractivity contribution >= 4 is 0 Å². The molecule has 0 radical (unpaired) electrons. The molecule has 1 aliphatic carbocycles. The number of fused-ring (bicyclic) bond motifs is 1. The van der Waals surface area contributed by atoms with E-state index >= 15 is 0 Å². The molecular formula is C17H32N2O2. The van der Waals surface area contributed by atoms with Gasteiger partial charge in [-0.2, -0.15) is 0 Å². The molecule has 0 spiro atoms. The van der Waals surface area contributed by atoms with Crippen molar-refractivity contribution in [2.75, 3.05) is 32.9 Å². The van der Waals surface area contributed by atoms with E-state index in [1.165, 1.54) is 12.8 Å². The van der Waals surface area contributed by atoms with Crippen LogP contribution in [0.5, 0.6) is 0 Å². The van der Waals surface area contributed by atoms with Gasteiger partial charge in [0, 0.05) is 49.2 Å². The smallest absolute Gasteiger partial charge is 0.0684 e. The summed E-state index contributed by atoms with van der Waals surface area (Å²) in [4.78, 5) is 2.58. The standard InChI is InChI=1S/C17H32N2O2/c1-12(19-7-9-20-11-13(19)2)10-18-15-14-6-5-8-21-16(14)17(15,3)4/h12-16,18H,5-11H2,1-4H3/t12-,13+,14+,15-,16+/m1/s1. The summed E-state index contributed by atoms with van der Waals surface area (Å²) >= 11 is 0. The molecule has 0 aromatic heterocycles. The van der Waals surface area contributed by atoms with E-state index in [1.807, 2.05) is 0 Å². The lowest BCUT2D eigenvalue weighted by molar-refractivity contribution is -0.193. The highest BCUT2D eigenvalue weighted by Gasteiger charge is 2.57. The lowest BCUT2D eigenvalue weighted by Gasteiger charge is -2.60. The fraction of sp³-hybridized carbons (Fsp3) is 1.00. The van der Waals surface area contributed by atoms with Crippen molar-refractivity contribution in [2.45, 2.75) is 64.8 Å². The molecule has 21 heavy (non-hydrogen) atoms. The van der Waals surface area contributed by atoms with E-state index in [4.69, 9.17) is 9.47 Å². The second-order valence-electron chi connectivity index (χ2n) is 7.82. The summed E-state index contributed by atoms with van der Waals surface area (Å²) in [5, 5.41) is 3.86. The Morgan fingerprint density at radius 3 is 2.90 bits per heavy atom. The third-order valence-electron chi connectivity index (χ3n) is 5.95. The summed E-state index contributed by atoms with van der Waals surface area (Å²) in [5.41, 5.74) is 0.279. The zero-order valence-electron chi connectivity index (χ0n) is 14.1. The molecule has 2 aliphatic heterocycles. The number of hydrogen-bond acceptors (Lipinski definition) is 4. The van der Waals surface area contributed by atoms with Crippen LogP contribution < -0.4 is 5.32 Å². The van der Waals surface area contributed by atoms with Gasteiger partial charge in [0.15, 0.2) is 0 Å². The van der Waals surface area contributed by atoms with Crippen LogP contribution in [0, 0.1) is 11.3 Å². The molecule has 3 fully saturated rings. The van der Waals surface area contributed by atoms with E-state index in [1.54, 1.807) is 0 Å². The third-order valence-corrected chi connectivity index (χ3v) is 5.95. The van der Waals surface area contributed by atoms with E-state index in [0.717, 1.165) is 38.8 Å². The number of morpholine rings is 1. The first-order valence-corrected chi connectivity index (χ1v) is 8.70. The topological polar surface area (TPSA) is 33.7 Å². The fourth-order valence-corrected chi connectivity index (χ4v) is 4.75. The normalized spacial score (nSPS) is 41.1. The van der Waals surface area contributed by atoms with E-state index in [-0.39, 0.29) is 5.41 Å². The first-order valence-electron chi connectivity index (χ1n) is 8.70. The Morgan fingerprint density at radius 1 is 1.33 bits per heavy atom. The Labute approximate surface area is 129 Å². The Hall–Kier alpha value is -0.160. The van der Waals surface area contributed by atoms with Crippen LogP contribution >= 0.6 is 0 Å². The maximum atomic E-state index is 6.00. The number of hydrogen-bond donors (Lipinski definition) is 1. The number of rotatable bonds is 4. The van der Waals surface area contributed by atoms with Crippen molar-refractivity contribution in [1.82, 2.24) is 10.2 Å². The molecular weight excluding hydrogens is 264 g/mol. The Kier molecular flexibility index (Phi) is 4.60. The molecule has 1 saturated carbocycles. The molecule has 0 bridgehead atoms. The first-order chi connectivity index (χ1) is 10.0. The van der Waals surface area contributed by atoms with Crippen LogP contribution in [-0.4, -0.2) is 62.0 Å². The summed E-state index contributed by atoms with van der Waals surface area (Å²) in [7, 11) is 0. The van der Waals surface area contributed by atoms with E-state index in [9.17, 15) is 0 Å². The van der Waals surface area contributed by atoms with Gasteiger partial charge in [0.2, 0.25) is 0 Å². The lowest BCUT2D eigenvalue weighted by atomic mass is 9.55. The molecule has 122 valence electrons. The van der Waals surface area contributed by atoms with Crippen molar-refractivity contribution in [2.24, 2.45) is 11.3 Å². The van der Waals surface area contributed by atoms with Crippen LogP contribution in [0.1, 0.15) is 40.5 Å². The SMILES string of the molecule is C[C@H](CN[C@@H]1[C@@H]2CCCO[C@@H]2C1(C)C)N1CCOC[C@@H]1C. The van der Waals surface area contributed by atoms with Gasteiger partial charge in [-0.1, -0.05) is 13.8 Å². The summed E-state index contributed by atoms with van der Waals surface area (Å²) in [6.45, 7) is 14.2. The molecule has 5 atom stereocenters. The van der Waals surface area contributed by atoms with Gasteiger partial charge in [0.05, 0.1) is 19.3 Å². The Balaban J connectivity index is 1.52. The molecule has 4 heteroatoms. The van der Waals surface area contributed by atoms with Gasteiger partial charge in [-0.05, 0) is 26.7 Å². The van der Waals surface area contributed by atoms with Crippen LogP contribution in [-0.2, 0) is 9.47 Å². The monoisotopic (exact) mass is 296 g/mol. The van der Waals surface area contributed by atoms with Gasteiger partial charge >= 0.3 is 0 Å². The molecule has 0 amide bonds. The molecule has 0 unspecified atom stereocenters. The van der Waals surface area contributed by atoms with Crippen molar-refractivity contribution in [3.8, 4) is 0 Å². The lowest BCUT2D eigenvalue weighted by Crippen LogP contribution is -2.70. The van der Waals surface area contributed by atoms with Crippen LogP contribution in [0.25, 0.3) is 0 Å². The average Bonchev–Trinajstić information content (AvgIpc) is 2.47. The average molecular weight is 296 g/mol. The molecule has 2 saturated heterocycles. The molecule has 3 aliphatic rings. The predicted molar refractivity (Wildman–Crippen MR) is 84.5 cm³/mol. The minimum atomic E-state index is 0.279. The zero-order valence-corrected chi connectivity index (χ0v) is 14.1. The maximum Gasteiger partial charge on any atom is 0.0684 e. The second kappa shape index (κ2) is 6.15. The van der Waals surface area contributed by atoms with E-state index < -0.39 is 0 Å². The first kappa shape index (κ1) is 15.7. The van der Waals surface area contributed by atoms with Gasteiger partial charge in [-0.3, -0.25) is 4.90 Å². The van der Waals surface area contributed by atoms with Gasteiger partial charge in [0.1, 0.15) is 0 Å². The van der Waals surface area contributed by atoms with Crippen LogP contribution in [0.4, 0.5) is 0 Å². The molecule has 2 heterocycles. The summed E-state index contributed by atoms with van der Waals surface area (Å²) in [6.07, 6.45) is 3.03. The highest BCUT2D eigenvalue weighted by atomic mass is 16.5. The molecule has 3 rings (SSSR count). The van der Waals surface area contributed by atoms with Gasteiger partial charge in [-0.25, -0.2) is 0 Å². The second-order valence-corrected chi connectivity index (χ2v) is 7.82. The Bertz CT molecular complexity index is 361. The van der Waals surface area contributed by atoms with Crippen molar-refractivity contribution in [1.29, 1.82) is 0 Å². The zero-order chi connectivity index (χ0) is 15.0. The molecule has 4 nitrogen and oxygen atoms in total.